The van der Waals surface area contributed by atoms with Crippen LogP contribution in [0.15, 0.2) is 57.1 Å². The first-order chi connectivity index (χ1) is 14.4. The van der Waals surface area contributed by atoms with Crippen molar-refractivity contribution in [1.82, 2.24) is 4.98 Å². The molecular weight excluding hydrogens is 474 g/mol. The lowest BCUT2D eigenvalue weighted by molar-refractivity contribution is -0.110. The minimum absolute atomic E-state index is 0.0296. The SMILES string of the molecule is O=C(Nc1ccc(Br)cn1)C(=NO[C@@H]1CCOC1)c1ccc(S(=O)(=O)C2CC2)cc1. The van der Waals surface area contributed by atoms with Crippen LogP contribution in [0.5, 0.6) is 0 Å². The van der Waals surface area contributed by atoms with Gasteiger partial charge >= 0.3 is 0 Å². The number of carbonyl (C=O) groups is 1. The maximum absolute atomic E-state index is 12.9. The van der Waals surface area contributed by atoms with Crippen LogP contribution in [0.3, 0.4) is 0 Å². The number of oxime groups is 1. The Morgan fingerprint density at radius 2 is 1.93 bits per heavy atom. The molecule has 1 aromatic carbocycles. The Labute approximate surface area is 182 Å². The van der Waals surface area contributed by atoms with Gasteiger partial charge in [-0.3, -0.25) is 4.79 Å². The molecule has 30 heavy (non-hydrogen) atoms. The van der Waals surface area contributed by atoms with Crippen LogP contribution in [0.2, 0.25) is 0 Å². The number of ether oxygens (including phenoxy) is 1. The molecule has 1 aliphatic heterocycles. The van der Waals surface area contributed by atoms with Crippen LogP contribution < -0.4 is 5.32 Å². The number of amides is 1. The van der Waals surface area contributed by atoms with Gasteiger partial charge in [0.25, 0.3) is 5.91 Å². The van der Waals surface area contributed by atoms with Crippen LogP contribution in [0.4, 0.5) is 5.82 Å². The Kier molecular flexibility index (Phi) is 6.16. The molecule has 2 fully saturated rings. The number of nitrogens with one attached hydrogen (secondary N) is 1. The van der Waals surface area contributed by atoms with E-state index in [-0.39, 0.29) is 22.0 Å². The van der Waals surface area contributed by atoms with Crippen LogP contribution in [0.1, 0.15) is 24.8 Å². The maximum atomic E-state index is 12.9. The van der Waals surface area contributed by atoms with E-state index in [1.807, 2.05) is 0 Å². The van der Waals surface area contributed by atoms with E-state index in [0.29, 0.717) is 43.9 Å². The highest BCUT2D eigenvalue weighted by Crippen LogP contribution is 2.33. The highest BCUT2D eigenvalue weighted by Gasteiger charge is 2.36. The average molecular weight is 494 g/mol. The van der Waals surface area contributed by atoms with E-state index in [1.54, 1.807) is 30.5 Å². The second-order valence-electron chi connectivity index (χ2n) is 7.12. The zero-order valence-corrected chi connectivity index (χ0v) is 18.4. The van der Waals surface area contributed by atoms with Gasteiger partial charge in [0.05, 0.1) is 23.4 Å². The van der Waals surface area contributed by atoms with Gasteiger partial charge in [0, 0.05) is 22.7 Å². The molecule has 1 amide bonds. The third kappa shape index (κ3) is 4.88. The summed E-state index contributed by atoms with van der Waals surface area (Å²) in [5, 5.41) is 6.45. The number of halogens is 1. The molecule has 10 heteroatoms. The molecule has 1 atom stereocenters. The lowest BCUT2D eigenvalue weighted by atomic mass is 10.1. The zero-order valence-electron chi connectivity index (χ0n) is 16.0. The van der Waals surface area contributed by atoms with Crippen molar-refractivity contribution < 1.29 is 22.8 Å². The van der Waals surface area contributed by atoms with Gasteiger partial charge in [0.15, 0.2) is 21.7 Å². The number of aromatic nitrogens is 1. The molecule has 0 bridgehead atoms. The first-order valence-electron chi connectivity index (χ1n) is 9.52. The van der Waals surface area contributed by atoms with Gasteiger partial charge in [-0.25, -0.2) is 13.4 Å². The lowest BCUT2D eigenvalue weighted by Gasteiger charge is -2.11. The zero-order chi connectivity index (χ0) is 21.1. The molecule has 0 spiro atoms. The van der Waals surface area contributed by atoms with Crippen LogP contribution >= 0.6 is 15.9 Å². The predicted octanol–water partition coefficient (Wildman–Crippen LogP) is 2.93. The summed E-state index contributed by atoms with van der Waals surface area (Å²) in [7, 11) is -3.31. The van der Waals surface area contributed by atoms with Crippen molar-refractivity contribution >= 4 is 43.2 Å². The quantitative estimate of drug-likeness (QED) is 0.469. The molecule has 0 radical (unpaired) electrons. The molecule has 1 aromatic heterocycles. The van der Waals surface area contributed by atoms with E-state index in [4.69, 9.17) is 9.57 Å². The summed E-state index contributed by atoms with van der Waals surface area (Å²) in [5.74, 6) is -0.158. The van der Waals surface area contributed by atoms with E-state index < -0.39 is 15.7 Å². The molecule has 2 aliphatic rings. The number of carbonyl (C=O) groups excluding carboxylic acids is 1. The van der Waals surface area contributed by atoms with Crippen molar-refractivity contribution in [3.63, 3.8) is 0 Å². The van der Waals surface area contributed by atoms with Gasteiger partial charge in [0.1, 0.15) is 5.82 Å². The van der Waals surface area contributed by atoms with E-state index in [9.17, 15) is 13.2 Å². The van der Waals surface area contributed by atoms with Crippen molar-refractivity contribution in [1.29, 1.82) is 0 Å². The van der Waals surface area contributed by atoms with E-state index in [1.165, 1.54) is 12.1 Å². The third-order valence-electron chi connectivity index (χ3n) is 4.78. The van der Waals surface area contributed by atoms with Gasteiger partial charge in [-0.05, 0) is 53.0 Å². The summed E-state index contributed by atoms with van der Waals surface area (Å²) in [6.45, 7) is 0.990. The van der Waals surface area contributed by atoms with Crippen LogP contribution in [-0.2, 0) is 24.2 Å². The molecule has 2 heterocycles. The number of anilines is 1. The Morgan fingerprint density at radius 3 is 2.53 bits per heavy atom. The number of nitrogens with zero attached hydrogens (tertiary/aromatic N) is 2. The third-order valence-corrected chi connectivity index (χ3v) is 7.53. The number of sulfone groups is 1. The summed E-state index contributed by atoms with van der Waals surface area (Å²) in [6.07, 6.45) is 3.41. The molecule has 0 unspecified atom stereocenters. The van der Waals surface area contributed by atoms with Gasteiger partial charge in [-0.15, -0.1) is 0 Å². The lowest BCUT2D eigenvalue weighted by Crippen LogP contribution is -2.25. The summed E-state index contributed by atoms with van der Waals surface area (Å²) < 4.78 is 30.9. The molecule has 1 aliphatic carbocycles. The van der Waals surface area contributed by atoms with E-state index in [2.05, 4.69) is 31.4 Å². The molecule has 158 valence electrons. The molecule has 1 saturated carbocycles. The van der Waals surface area contributed by atoms with Crippen LogP contribution in [0, 0.1) is 0 Å². The number of pyridine rings is 1. The number of benzene rings is 1. The van der Waals surface area contributed by atoms with Gasteiger partial charge in [-0.2, -0.15) is 0 Å². The monoisotopic (exact) mass is 493 g/mol. The van der Waals surface area contributed by atoms with Crippen LogP contribution in [-0.4, -0.2) is 49.6 Å². The molecule has 1 saturated heterocycles. The number of hydrogen-bond donors (Lipinski definition) is 1. The fourth-order valence-corrected chi connectivity index (χ4v) is 4.84. The second kappa shape index (κ2) is 8.83. The van der Waals surface area contributed by atoms with Gasteiger partial charge in [0.2, 0.25) is 0 Å². The Hall–Kier alpha value is -2.30. The average Bonchev–Trinajstić information content (AvgIpc) is 3.48. The first-order valence-corrected chi connectivity index (χ1v) is 11.9. The Bertz CT molecular complexity index is 1040. The molecule has 4 rings (SSSR count). The molecule has 8 nitrogen and oxygen atoms in total. The van der Waals surface area contributed by atoms with Crippen LogP contribution in [0.25, 0.3) is 0 Å². The van der Waals surface area contributed by atoms with Crippen molar-refractivity contribution in [2.24, 2.45) is 5.16 Å². The smallest absolute Gasteiger partial charge is 0.279 e. The minimum Gasteiger partial charge on any atom is -0.389 e. The summed E-state index contributed by atoms with van der Waals surface area (Å²) in [5.41, 5.74) is 0.472. The maximum Gasteiger partial charge on any atom is 0.279 e. The number of hydrogen-bond acceptors (Lipinski definition) is 7. The van der Waals surface area contributed by atoms with E-state index >= 15 is 0 Å². The second-order valence-corrected chi connectivity index (χ2v) is 10.3. The molecule has 2 aromatic rings. The summed E-state index contributed by atoms with van der Waals surface area (Å²) in [4.78, 5) is 22.8. The highest BCUT2D eigenvalue weighted by atomic mass is 79.9. The summed E-state index contributed by atoms with van der Waals surface area (Å²) in [6, 6.07) is 9.54. The first kappa shape index (κ1) is 21.0. The summed E-state index contributed by atoms with van der Waals surface area (Å²) >= 11 is 3.30. The fraction of sp³-hybridized carbons (Fsp3) is 0.350. The molecular formula is C20H20BrN3O5S. The van der Waals surface area contributed by atoms with Crippen molar-refractivity contribution in [3.05, 3.63) is 52.6 Å². The number of rotatable bonds is 7. The van der Waals surface area contributed by atoms with E-state index in [0.717, 1.165) is 4.47 Å². The van der Waals surface area contributed by atoms with Crippen molar-refractivity contribution in [2.45, 2.75) is 35.5 Å². The predicted molar refractivity (Wildman–Crippen MR) is 114 cm³/mol. The highest BCUT2D eigenvalue weighted by molar-refractivity contribution is 9.10. The normalized spacial score (nSPS) is 19.5. The molecule has 1 N–H and O–H groups in total. The standard InChI is InChI=1S/C20H20BrN3O5S/c21-14-3-8-18(22-11-14)23-20(25)19(24-29-15-9-10-28-12-15)13-1-4-16(5-2-13)30(26,27)17-6-7-17/h1-5,8,11,15,17H,6-7,9-10,12H2,(H,22,23,25)/t15-/m1/s1. The fourth-order valence-electron chi connectivity index (χ4n) is 2.95. The Morgan fingerprint density at radius 1 is 1.17 bits per heavy atom. The van der Waals surface area contributed by atoms with Crippen molar-refractivity contribution in [2.75, 3.05) is 18.5 Å². The minimum atomic E-state index is -3.31. The Balaban J connectivity index is 1.58. The largest absolute Gasteiger partial charge is 0.389 e. The van der Waals surface area contributed by atoms with Gasteiger partial charge in [-0.1, -0.05) is 17.3 Å². The van der Waals surface area contributed by atoms with Crippen molar-refractivity contribution in [3.8, 4) is 0 Å². The van der Waals surface area contributed by atoms with Gasteiger partial charge < -0.3 is 14.9 Å². The topological polar surface area (TPSA) is 107 Å².